The lowest BCUT2D eigenvalue weighted by Crippen LogP contribution is -2.04. The predicted octanol–water partition coefficient (Wildman–Crippen LogP) is 3.43. The Morgan fingerprint density at radius 3 is 2.89 bits per heavy atom. The fraction of sp³-hybridized carbons (Fsp3) is 0.133. The summed E-state index contributed by atoms with van der Waals surface area (Å²) in [4.78, 5) is 20.7. The Bertz CT molecular complexity index is 715. The third-order valence-electron chi connectivity index (χ3n) is 2.85. The molecule has 19 heavy (non-hydrogen) atoms. The first kappa shape index (κ1) is 12.0. The Morgan fingerprint density at radius 1 is 1.26 bits per heavy atom. The Kier molecular flexibility index (Phi) is 3.09. The molecule has 0 aliphatic carbocycles. The van der Waals surface area contributed by atoms with E-state index in [-0.39, 0.29) is 5.78 Å². The normalized spacial score (nSPS) is 10.8. The Morgan fingerprint density at radius 2 is 2.11 bits per heavy atom. The van der Waals surface area contributed by atoms with Crippen LogP contribution in [0.5, 0.6) is 0 Å². The van der Waals surface area contributed by atoms with Crippen molar-refractivity contribution in [1.82, 2.24) is 9.97 Å². The van der Waals surface area contributed by atoms with Gasteiger partial charge >= 0.3 is 0 Å². The third kappa shape index (κ3) is 2.53. The van der Waals surface area contributed by atoms with E-state index in [4.69, 9.17) is 0 Å². The quantitative estimate of drug-likeness (QED) is 0.683. The minimum atomic E-state index is 0.0651. The fourth-order valence-electron chi connectivity index (χ4n) is 1.94. The van der Waals surface area contributed by atoms with Crippen LogP contribution in [0.1, 0.15) is 20.9 Å². The first-order valence-corrected chi connectivity index (χ1v) is 6.83. The number of benzene rings is 1. The number of hydrogen-bond acceptors (Lipinski definition) is 4. The number of carbonyl (C=O) groups is 1. The summed E-state index contributed by atoms with van der Waals surface area (Å²) in [6.07, 6.45) is 3.70. The van der Waals surface area contributed by atoms with Gasteiger partial charge in [-0.1, -0.05) is 12.1 Å². The molecule has 2 heterocycles. The Labute approximate surface area is 115 Å². The van der Waals surface area contributed by atoms with Crippen molar-refractivity contribution in [2.45, 2.75) is 13.3 Å². The molecule has 0 bridgehead atoms. The molecule has 0 spiro atoms. The van der Waals surface area contributed by atoms with Crippen molar-refractivity contribution < 1.29 is 4.79 Å². The molecule has 0 atom stereocenters. The molecule has 0 radical (unpaired) electrons. The zero-order valence-corrected chi connectivity index (χ0v) is 11.3. The van der Waals surface area contributed by atoms with Gasteiger partial charge in [0.05, 0.1) is 16.6 Å². The second-order valence-corrected chi connectivity index (χ2v) is 5.54. The van der Waals surface area contributed by atoms with Crippen LogP contribution in [0.4, 0.5) is 0 Å². The third-order valence-corrected chi connectivity index (χ3v) is 3.88. The number of ketones is 1. The molecule has 1 aromatic carbocycles. The number of pyridine rings is 1. The molecule has 0 N–H and O–H groups in total. The summed E-state index contributed by atoms with van der Waals surface area (Å²) in [6.45, 7) is 1.93. The van der Waals surface area contributed by atoms with Gasteiger partial charge in [0.25, 0.3) is 0 Å². The smallest absolute Gasteiger partial charge is 0.171 e. The summed E-state index contributed by atoms with van der Waals surface area (Å²) in [5.41, 5.74) is 2.60. The van der Waals surface area contributed by atoms with Crippen LogP contribution in [0.2, 0.25) is 0 Å². The summed E-state index contributed by atoms with van der Waals surface area (Å²) >= 11 is 1.57. The molecule has 2 aromatic heterocycles. The molecule has 3 nitrogen and oxygen atoms in total. The van der Waals surface area contributed by atoms with Gasteiger partial charge in [0.15, 0.2) is 5.78 Å². The largest absolute Gasteiger partial charge is 0.294 e. The molecular weight excluding hydrogens is 256 g/mol. The number of fused-ring (bicyclic) bond motifs is 1. The van der Waals surface area contributed by atoms with Gasteiger partial charge in [-0.05, 0) is 30.7 Å². The Hall–Kier alpha value is -2.07. The SMILES string of the molecule is Cc1cncc(C(=O)Cc2nc3ccccc3s2)c1. The van der Waals surface area contributed by atoms with Gasteiger partial charge < -0.3 is 0 Å². The summed E-state index contributed by atoms with van der Waals surface area (Å²) in [5.74, 6) is 0.0651. The van der Waals surface area contributed by atoms with E-state index in [1.165, 1.54) is 0 Å². The van der Waals surface area contributed by atoms with E-state index in [2.05, 4.69) is 9.97 Å². The summed E-state index contributed by atoms with van der Waals surface area (Å²) in [7, 11) is 0. The number of Topliss-reactive ketones (excluding diaryl/α,β-unsaturated/α-hetero) is 1. The molecule has 94 valence electrons. The van der Waals surface area contributed by atoms with Crippen molar-refractivity contribution in [2.75, 3.05) is 0 Å². The monoisotopic (exact) mass is 268 g/mol. The molecular formula is C15H12N2OS. The molecule has 3 rings (SSSR count). The lowest BCUT2D eigenvalue weighted by atomic mass is 10.1. The number of para-hydroxylation sites is 1. The van der Waals surface area contributed by atoms with Crippen molar-refractivity contribution in [1.29, 1.82) is 0 Å². The van der Waals surface area contributed by atoms with E-state index in [9.17, 15) is 4.79 Å². The topological polar surface area (TPSA) is 42.9 Å². The number of rotatable bonds is 3. The predicted molar refractivity (Wildman–Crippen MR) is 76.6 cm³/mol. The highest BCUT2D eigenvalue weighted by Gasteiger charge is 2.11. The molecule has 0 aliphatic rings. The second-order valence-electron chi connectivity index (χ2n) is 4.43. The van der Waals surface area contributed by atoms with Crippen molar-refractivity contribution in [3.05, 3.63) is 58.9 Å². The molecule has 4 heteroatoms. The van der Waals surface area contributed by atoms with Crippen LogP contribution in [0, 0.1) is 6.92 Å². The number of thiazole rings is 1. The lowest BCUT2D eigenvalue weighted by Gasteiger charge is -1.99. The zero-order valence-electron chi connectivity index (χ0n) is 10.5. The van der Waals surface area contributed by atoms with Crippen LogP contribution in [-0.4, -0.2) is 15.8 Å². The van der Waals surface area contributed by atoms with E-state index in [0.717, 1.165) is 20.8 Å². The molecule has 0 saturated carbocycles. The van der Waals surface area contributed by atoms with E-state index in [1.54, 1.807) is 23.7 Å². The van der Waals surface area contributed by atoms with Gasteiger partial charge in [-0.25, -0.2) is 4.98 Å². The van der Waals surface area contributed by atoms with E-state index in [0.29, 0.717) is 12.0 Å². The van der Waals surface area contributed by atoms with Crippen molar-refractivity contribution >= 4 is 27.3 Å². The van der Waals surface area contributed by atoms with E-state index >= 15 is 0 Å². The van der Waals surface area contributed by atoms with E-state index in [1.807, 2.05) is 37.3 Å². The summed E-state index contributed by atoms with van der Waals surface area (Å²) in [5, 5.41) is 0.854. The van der Waals surface area contributed by atoms with Crippen LogP contribution in [0.25, 0.3) is 10.2 Å². The van der Waals surface area contributed by atoms with Gasteiger partial charge in [-0.15, -0.1) is 11.3 Å². The molecule has 0 saturated heterocycles. The van der Waals surface area contributed by atoms with Crippen LogP contribution in [0.15, 0.2) is 42.7 Å². The first-order chi connectivity index (χ1) is 9.22. The number of aromatic nitrogens is 2. The number of aryl methyl sites for hydroxylation is 1. The maximum absolute atomic E-state index is 12.2. The minimum absolute atomic E-state index is 0.0651. The number of nitrogens with zero attached hydrogens (tertiary/aromatic N) is 2. The van der Waals surface area contributed by atoms with Gasteiger partial charge in [-0.2, -0.15) is 0 Å². The maximum Gasteiger partial charge on any atom is 0.171 e. The van der Waals surface area contributed by atoms with Crippen molar-refractivity contribution in [3.63, 3.8) is 0 Å². The van der Waals surface area contributed by atoms with Crippen LogP contribution < -0.4 is 0 Å². The summed E-state index contributed by atoms with van der Waals surface area (Å²) in [6, 6.07) is 9.79. The van der Waals surface area contributed by atoms with E-state index < -0.39 is 0 Å². The highest BCUT2D eigenvalue weighted by Crippen LogP contribution is 2.22. The summed E-state index contributed by atoms with van der Waals surface area (Å²) < 4.78 is 1.12. The second kappa shape index (κ2) is 4.90. The van der Waals surface area contributed by atoms with Gasteiger partial charge in [0, 0.05) is 18.0 Å². The average Bonchev–Trinajstić information content (AvgIpc) is 2.80. The average molecular weight is 268 g/mol. The maximum atomic E-state index is 12.2. The molecule has 0 amide bonds. The van der Waals surface area contributed by atoms with Crippen LogP contribution >= 0.6 is 11.3 Å². The molecule has 3 aromatic rings. The van der Waals surface area contributed by atoms with Gasteiger partial charge in [0.1, 0.15) is 5.01 Å². The highest BCUT2D eigenvalue weighted by molar-refractivity contribution is 7.18. The van der Waals surface area contributed by atoms with Crippen LogP contribution in [-0.2, 0) is 6.42 Å². The molecule has 0 fully saturated rings. The fourth-order valence-corrected chi connectivity index (χ4v) is 2.91. The molecule has 0 unspecified atom stereocenters. The minimum Gasteiger partial charge on any atom is -0.294 e. The zero-order chi connectivity index (χ0) is 13.2. The van der Waals surface area contributed by atoms with Crippen molar-refractivity contribution in [2.24, 2.45) is 0 Å². The van der Waals surface area contributed by atoms with Crippen LogP contribution in [0.3, 0.4) is 0 Å². The first-order valence-electron chi connectivity index (χ1n) is 6.02. The van der Waals surface area contributed by atoms with Crippen molar-refractivity contribution in [3.8, 4) is 0 Å². The Balaban J connectivity index is 1.86. The number of carbonyl (C=O) groups excluding carboxylic acids is 1. The van der Waals surface area contributed by atoms with Gasteiger partial charge in [-0.3, -0.25) is 9.78 Å². The number of hydrogen-bond donors (Lipinski definition) is 0. The highest BCUT2D eigenvalue weighted by atomic mass is 32.1. The lowest BCUT2D eigenvalue weighted by molar-refractivity contribution is 0.0992. The molecule has 0 aliphatic heterocycles. The van der Waals surface area contributed by atoms with Gasteiger partial charge in [0.2, 0.25) is 0 Å². The standard InChI is InChI=1S/C15H12N2OS/c1-10-6-11(9-16-8-10)13(18)7-15-17-12-4-2-3-5-14(12)19-15/h2-6,8-9H,7H2,1H3.